The lowest BCUT2D eigenvalue weighted by atomic mass is 10.1. The second-order valence-electron chi connectivity index (χ2n) is 3.98. The number of para-hydroxylation sites is 1. The molecule has 0 saturated heterocycles. The first-order chi connectivity index (χ1) is 8.06. The van der Waals surface area contributed by atoms with E-state index in [0.29, 0.717) is 18.0 Å². The molecule has 1 rings (SSSR count). The van der Waals surface area contributed by atoms with Gasteiger partial charge in [0.25, 0.3) is 0 Å². The first-order valence-corrected chi connectivity index (χ1v) is 6.11. The molecule has 2 N–H and O–H groups in total. The van der Waals surface area contributed by atoms with Crippen LogP contribution in [0.3, 0.4) is 0 Å². The molecule has 0 aromatic heterocycles. The molecular weight excluding hydrogens is 232 g/mol. The molecule has 92 valence electrons. The largest absolute Gasteiger partial charge is 0.393 e. The Kier molecular flexibility index (Phi) is 5.10. The smallest absolute Gasteiger partial charge is 0.227 e. The zero-order valence-electron chi connectivity index (χ0n) is 10.2. The minimum absolute atomic E-state index is 0.0546. The van der Waals surface area contributed by atoms with E-state index in [9.17, 15) is 4.79 Å². The molecule has 1 atom stereocenters. The lowest BCUT2D eigenvalue weighted by Crippen LogP contribution is -2.33. The van der Waals surface area contributed by atoms with Gasteiger partial charge < -0.3 is 10.6 Å². The summed E-state index contributed by atoms with van der Waals surface area (Å²) in [5, 5.41) is 0. The molecule has 17 heavy (non-hydrogen) atoms. The van der Waals surface area contributed by atoms with Crippen LogP contribution in [-0.2, 0) is 4.79 Å². The number of carbonyl (C=O) groups excluding carboxylic acids is 1. The number of nitrogens with zero attached hydrogens (tertiary/aromatic N) is 1. The van der Waals surface area contributed by atoms with E-state index in [4.69, 9.17) is 18.0 Å². The Morgan fingerprint density at radius 1 is 1.41 bits per heavy atom. The van der Waals surface area contributed by atoms with Crippen LogP contribution < -0.4 is 10.6 Å². The molecule has 4 heteroatoms. The zero-order chi connectivity index (χ0) is 12.8. The number of anilines is 1. The Labute approximate surface area is 108 Å². The van der Waals surface area contributed by atoms with Gasteiger partial charge in [0.1, 0.15) is 0 Å². The van der Waals surface area contributed by atoms with Crippen molar-refractivity contribution in [1.29, 1.82) is 0 Å². The summed E-state index contributed by atoms with van der Waals surface area (Å²) in [5.41, 5.74) is 6.44. The molecule has 1 aromatic rings. The molecule has 0 aliphatic heterocycles. The molecule has 0 spiro atoms. The highest BCUT2D eigenvalue weighted by atomic mass is 32.1. The van der Waals surface area contributed by atoms with Crippen LogP contribution >= 0.6 is 12.2 Å². The van der Waals surface area contributed by atoms with Crippen molar-refractivity contribution < 1.29 is 4.79 Å². The van der Waals surface area contributed by atoms with Crippen molar-refractivity contribution in [2.45, 2.75) is 20.3 Å². The Morgan fingerprint density at radius 2 is 2.00 bits per heavy atom. The number of nitrogens with two attached hydrogens (primary N) is 1. The molecule has 0 saturated carbocycles. The van der Waals surface area contributed by atoms with Crippen LogP contribution in [0, 0.1) is 5.92 Å². The van der Waals surface area contributed by atoms with Gasteiger partial charge in [-0.15, -0.1) is 0 Å². The van der Waals surface area contributed by atoms with Gasteiger partial charge in [0.15, 0.2) is 0 Å². The third-order valence-electron chi connectivity index (χ3n) is 2.65. The fraction of sp³-hybridized carbons (Fsp3) is 0.385. The van der Waals surface area contributed by atoms with Crippen molar-refractivity contribution in [3.8, 4) is 0 Å². The maximum Gasteiger partial charge on any atom is 0.227 e. The molecule has 0 aliphatic carbocycles. The SMILES string of the molecule is CCN(C(=O)CC(C)C(N)=S)c1ccccc1. The van der Waals surface area contributed by atoms with E-state index in [2.05, 4.69) is 0 Å². The van der Waals surface area contributed by atoms with Crippen LogP contribution in [0.15, 0.2) is 30.3 Å². The van der Waals surface area contributed by atoms with E-state index in [1.807, 2.05) is 44.2 Å². The molecule has 1 unspecified atom stereocenters. The molecule has 1 amide bonds. The van der Waals surface area contributed by atoms with Gasteiger partial charge in [-0.2, -0.15) is 0 Å². The summed E-state index contributed by atoms with van der Waals surface area (Å²) >= 11 is 4.88. The Hall–Kier alpha value is -1.42. The maximum absolute atomic E-state index is 12.1. The van der Waals surface area contributed by atoms with Gasteiger partial charge in [-0.05, 0) is 19.1 Å². The van der Waals surface area contributed by atoms with E-state index in [0.717, 1.165) is 5.69 Å². The van der Waals surface area contributed by atoms with Crippen LogP contribution in [-0.4, -0.2) is 17.4 Å². The second kappa shape index (κ2) is 6.35. The summed E-state index contributed by atoms with van der Waals surface area (Å²) in [6.45, 7) is 4.47. The van der Waals surface area contributed by atoms with Gasteiger partial charge in [0.2, 0.25) is 5.91 Å². The molecule has 0 fully saturated rings. The van der Waals surface area contributed by atoms with Crippen LogP contribution in [0.2, 0.25) is 0 Å². The van der Waals surface area contributed by atoms with Gasteiger partial charge >= 0.3 is 0 Å². The molecule has 0 heterocycles. The fourth-order valence-electron chi connectivity index (χ4n) is 1.58. The standard InChI is InChI=1S/C13H18N2OS/c1-3-15(11-7-5-4-6-8-11)12(16)9-10(2)13(14)17/h4-8,10H,3,9H2,1-2H3,(H2,14,17). The Bertz CT molecular complexity index is 392. The maximum atomic E-state index is 12.1. The molecule has 0 radical (unpaired) electrons. The second-order valence-corrected chi connectivity index (χ2v) is 4.45. The van der Waals surface area contributed by atoms with Gasteiger partial charge in [0, 0.05) is 24.6 Å². The lowest BCUT2D eigenvalue weighted by molar-refractivity contribution is -0.118. The van der Waals surface area contributed by atoms with Crippen molar-refractivity contribution >= 4 is 28.8 Å². The minimum Gasteiger partial charge on any atom is -0.393 e. The average Bonchev–Trinajstić information content (AvgIpc) is 2.31. The highest BCUT2D eigenvalue weighted by Crippen LogP contribution is 2.16. The molecule has 0 aliphatic rings. The number of hydrogen-bond donors (Lipinski definition) is 1. The number of benzene rings is 1. The molecule has 3 nitrogen and oxygen atoms in total. The summed E-state index contributed by atoms with van der Waals surface area (Å²) in [6, 6.07) is 9.61. The van der Waals surface area contributed by atoms with Crippen molar-refractivity contribution in [3.63, 3.8) is 0 Å². The van der Waals surface area contributed by atoms with Gasteiger partial charge in [0.05, 0.1) is 4.99 Å². The van der Waals surface area contributed by atoms with Crippen molar-refractivity contribution in [3.05, 3.63) is 30.3 Å². The number of hydrogen-bond acceptors (Lipinski definition) is 2. The normalized spacial score (nSPS) is 11.9. The average molecular weight is 250 g/mol. The highest BCUT2D eigenvalue weighted by molar-refractivity contribution is 7.80. The van der Waals surface area contributed by atoms with Gasteiger partial charge in [-0.3, -0.25) is 4.79 Å². The third kappa shape index (κ3) is 3.82. The highest BCUT2D eigenvalue weighted by Gasteiger charge is 2.17. The Balaban J connectivity index is 2.75. The van der Waals surface area contributed by atoms with E-state index >= 15 is 0 Å². The summed E-state index contributed by atoms with van der Waals surface area (Å²) in [4.78, 5) is 14.2. The molecule has 1 aromatic carbocycles. The van der Waals surface area contributed by atoms with Crippen molar-refractivity contribution in [2.24, 2.45) is 11.7 Å². The van der Waals surface area contributed by atoms with Crippen LogP contribution in [0.4, 0.5) is 5.69 Å². The van der Waals surface area contributed by atoms with E-state index in [1.54, 1.807) is 4.90 Å². The number of amides is 1. The summed E-state index contributed by atoms with van der Waals surface area (Å²) in [6.07, 6.45) is 0.359. The van der Waals surface area contributed by atoms with Gasteiger partial charge in [-0.25, -0.2) is 0 Å². The van der Waals surface area contributed by atoms with E-state index < -0.39 is 0 Å². The summed E-state index contributed by atoms with van der Waals surface area (Å²) < 4.78 is 0. The van der Waals surface area contributed by atoms with Crippen molar-refractivity contribution in [2.75, 3.05) is 11.4 Å². The monoisotopic (exact) mass is 250 g/mol. The fourth-order valence-corrected chi connectivity index (χ4v) is 1.67. The Morgan fingerprint density at radius 3 is 2.47 bits per heavy atom. The quantitative estimate of drug-likeness (QED) is 0.816. The summed E-state index contributed by atoms with van der Waals surface area (Å²) in [5.74, 6) is -0.00531. The molecular formula is C13H18N2OS. The lowest BCUT2D eigenvalue weighted by Gasteiger charge is -2.22. The summed E-state index contributed by atoms with van der Waals surface area (Å²) in [7, 11) is 0. The minimum atomic E-state index is -0.0599. The number of carbonyl (C=O) groups is 1. The first-order valence-electron chi connectivity index (χ1n) is 5.71. The first kappa shape index (κ1) is 13.6. The van der Waals surface area contributed by atoms with Gasteiger partial charge in [-0.1, -0.05) is 37.3 Å². The van der Waals surface area contributed by atoms with Crippen molar-refractivity contribution in [1.82, 2.24) is 0 Å². The predicted molar refractivity (Wildman–Crippen MR) is 75.0 cm³/mol. The zero-order valence-corrected chi connectivity index (χ0v) is 11.0. The van der Waals surface area contributed by atoms with E-state index in [-0.39, 0.29) is 11.8 Å². The van der Waals surface area contributed by atoms with Crippen LogP contribution in [0.5, 0.6) is 0 Å². The molecule has 0 bridgehead atoms. The predicted octanol–water partition coefficient (Wildman–Crippen LogP) is 2.35. The third-order valence-corrected chi connectivity index (χ3v) is 3.05. The number of thiocarbonyl (C=S) groups is 1. The van der Waals surface area contributed by atoms with Crippen LogP contribution in [0.1, 0.15) is 20.3 Å². The van der Waals surface area contributed by atoms with Crippen LogP contribution in [0.25, 0.3) is 0 Å². The van der Waals surface area contributed by atoms with E-state index in [1.165, 1.54) is 0 Å². The number of rotatable bonds is 5. The topological polar surface area (TPSA) is 46.3 Å².